The van der Waals surface area contributed by atoms with Gasteiger partial charge >= 0.3 is 0 Å². The van der Waals surface area contributed by atoms with Gasteiger partial charge in [-0.15, -0.1) is 12.4 Å². The van der Waals surface area contributed by atoms with Crippen molar-refractivity contribution in [2.24, 2.45) is 0 Å². The lowest BCUT2D eigenvalue weighted by Gasteiger charge is -2.24. The highest BCUT2D eigenvalue weighted by Crippen LogP contribution is 2.21. The van der Waals surface area contributed by atoms with Crippen molar-refractivity contribution in [1.82, 2.24) is 10.2 Å². The number of hydrogen-bond acceptors (Lipinski definition) is 3. The van der Waals surface area contributed by atoms with Crippen molar-refractivity contribution in [1.29, 1.82) is 0 Å². The Balaban J connectivity index is 0.00000242. The number of nitrogens with zero attached hydrogens (tertiary/aromatic N) is 1. The average Bonchev–Trinajstić information content (AvgIpc) is 2.96. The predicted octanol–water partition coefficient (Wildman–Crippen LogP) is 3.11. The van der Waals surface area contributed by atoms with Gasteiger partial charge in [0.2, 0.25) is 0 Å². The molecule has 1 heterocycles. The first kappa shape index (κ1) is 18.8. The number of halogens is 1. The molecule has 0 radical (unpaired) electrons. The van der Waals surface area contributed by atoms with Gasteiger partial charge in [0.05, 0.1) is 6.10 Å². The van der Waals surface area contributed by atoms with E-state index in [1.807, 2.05) is 43.1 Å². The van der Waals surface area contributed by atoms with Gasteiger partial charge in [0.25, 0.3) is 5.91 Å². The first-order chi connectivity index (χ1) is 10.2. The molecule has 1 saturated heterocycles. The minimum atomic E-state index is 0. The molecule has 4 nitrogen and oxygen atoms in total. The van der Waals surface area contributed by atoms with Crippen LogP contribution in [0.15, 0.2) is 24.3 Å². The smallest absolute Gasteiger partial charge is 0.254 e. The Morgan fingerprint density at radius 1 is 1.41 bits per heavy atom. The zero-order chi connectivity index (χ0) is 15.2. The van der Waals surface area contributed by atoms with Gasteiger partial charge in [-0.1, -0.05) is 6.92 Å². The van der Waals surface area contributed by atoms with Gasteiger partial charge in [0.15, 0.2) is 0 Å². The fourth-order valence-electron chi connectivity index (χ4n) is 2.71. The summed E-state index contributed by atoms with van der Waals surface area (Å²) >= 11 is 0. The summed E-state index contributed by atoms with van der Waals surface area (Å²) in [5, 5.41) is 3.17. The van der Waals surface area contributed by atoms with Gasteiger partial charge < -0.3 is 15.0 Å². The largest absolute Gasteiger partial charge is 0.491 e. The maximum atomic E-state index is 12.6. The number of amides is 1. The van der Waals surface area contributed by atoms with Crippen molar-refractivity contribution in [2.45, 2.75) is 45.3 Å². The van der Waals surface area contributed by atoms with Crippen molar-refractivity contribution < 1.29 is 9.53 Å². The average molecular weight is 327 g/mol. The van der Waals surface area contributed by atoms with Gasteiger partial charge in [0.1, 0.15) is 5.75 Å². The zero-order valence-corrected chi connectivity index (χ0v) is 14.5. The first-order valence-corrected chi connectivity index (χ1v) is 7.88. The summed E-state index contributed by atoms with van der Waals surface area (Å²) in [5.41, 5.74) is 0.745. The molecule has 1 N–H and O–H groups in total. The number of carbonyl (C=O) groups excluding carboxylic acids is 1. The summed E-state index contributed by atoms with van der Waals surface area (Å²) in [5.74, 6) is 0.955. The van der Waals surface area contributed by atoms with Crippen LogP contribution >= 0.6 is 12.4 Å². The molecule has 1 fully saturated rings. The number of hydrogen-bond donors (Lipinski definition) is 1. The summed E-state index contributed by atoms with van der Waals surface area (Å²) in [6, 6.07) is 7.84. The van der Waals surface area contributed by atoms with Crippen LogP contribution in [0.2, 0.25) is 0 Å². The molecule has 124 valence electrons. The molecule has 0 spiro atoms. The third kappa shape index (κ3) is 4.62. The summed E-state index contributed by atoms with van der Waals surface area (Å²) in [6.45, 7) is 5.86. The molecule has 1 amide bonds. The van der Waals surface area contributed by atoms with Crippen molar-refractivity contribution in [3.63, 3.8) is 0 Å². The van der Waals surface area contributed by atoms with E-state index in [2.05, 4.69) is 12.2 Å². The molecule has 1 aromatic carbocycles. The maximum absolute atomic E-state index is 12.6. The first-order valence-electron chi connectivity index (χ1n) is 7.88. The second-order valence-corrected chi connectivity index (χ2v) is 5.71. The van der Waals surface area contributed by atoms with E-state index >= 15 is 0 Å². The molecule has 0 bridgehead atoms. The van der Waals surface area contributed by atoms with Crippen molar-refractivity contribution in [3.8, 4) is 5.75 Å². The van der Waals surface area contributed by atoms with E-state index in [1.165, 1.54) is 0 Å². The molecule has 22 heavy (non-hydrogen) atoms. The number of likely N-dealkylation sites (tertiary alicyclic amines) is 1. The molecule has 1 aliphatic heterocycles. The molecule has 5 heteroatoms. The van der Waals surface area contributed by atoms with E-state index in [-0.39, 0.29) is 24.4 Å². The van der Waals surface area contributed by atoms with E-state index in [9.17, 15) is 4.79 Å². The van der Waals surface area contributed by atoms with Crippen LogP contribution in [0.5, 0.6) is 5.75 Å². The fraction of sp³-hybridized carbons (Fsp3) is 0.588. The summed E-state index contributed by atoms with van der Waals surface area (Å²) in [7, 11) is 1.93. The molecule has 0 aromatic heterocycles. The number of nitrogens with one attached hydrogen (secondary N) is 1. The lowest BCUT2D eigenvalue weighted by atomic mass is 10.1. The quantitative estimate of drug-likeness (QED) is 0.873. The molecule has 0 aliphatic carbocycles. The Kier molecular flexibility index (Phi) is 7.69. The maximum Gasteiger partial charge on any atom is 0.254 e. The van der Waals surface area contributed by atoms with Crippen LogP contribution < -0.4 is 10.1 Å². The lowest BCUT2D eigenvalue weighted by Crippen LogP contribution is -2.40. The SMILES string of the molecule is CCC(C)Oc1ccc(C(=O)N2CCCC2CNC)cc1.Cl. The van der Waals surface area contributed by atoms with Gasteiger partial charge in [-0.3, -0.25) is 4.79 Å². The monoisotopic (exact) mass is 326 g/mol. The van der Waals surface area contributed by atoms with Crippen LogP contribution in [0.1, 0.15) is 43.5 Å². The molecule has 2 atom stereocenters. The molecule has 2 rings (SSSR count). The third-order valence-electron chi connectivity index (χ3n) is 4.09. The Morgan fingerprint density at radius 2 is 2.09 bits per heavy atom. The summed E-state index contributed by atoms with van der Waals surface area (Å²) in [6.07, 6.45) is 3.35. The molecule has 1 aliphatic rings. The van der Waals surface area contributed by atoms with Crippen molar-refractivity contribution in [2.75, 3.05) is 20.1 Å². The standard InChI is InChI=1S/C17H26N2O2.ClH/c1-4-13(2)21-16-9-7-14(8-10-16)17(20)19-11-5-6-15(19)12-18-3;/h7-10,13,15,18H,4-6,11-12H2,1-3H3;1H. The molecule has 1 aromatic rings. The van der Waals surface area contributed by atoms with Crippen LogP contribution in [0, 0.1) is 0 Å². The van der Waals surface area contributed by atoms with Gasteiger partial charge in [-0.05, 0) is 57.5 Å². The number of likely N-dealkylation sites (N-methyl/N-ethyl adjacent to an activating group) is 1. The minimum Gasteiger partial charge on any atom is -0.491 e. The van der Waals surface area contributed by atoms with E-state index < -0.39 is 0 Å². The van der Waals surface area contributed by atoms with Gasteiger partial charge in [-0.25, -0.2) is 0 Å². The molecule has 0 saturated carbocycles. The Labute approximate surface area is 139 Å². The summed E-state index contributed by atoms with van der Waals surface area (Å²) in [4.78, 5) is 14.6. The lowest BCUT2D eigenvalue weighted by molar-refractivity contribution is 0.0737. The molecule has 2 unspecified atom stereocenters. The fourth-order valence-corrected chi connectivity index (χ4v) is 2.71. The third-order valence-corrected chi connectivity index (χ3v) is 4.09. The number of ether oxygens (including phenoxy) is 1. The van der Waals surface area contributed by atoms with Crippen LogP contribution in [-0.4, -0.2) is 43.1 Å². The van der Waals surface area contributed by atoms with Crippen LogP contribution in [0.3, 0.4) is 0 Å². The van der Waals surface area contributed by atoms with Gasteiger partial charge in [-0.2, -0.15) is 0 Å². The second kappa shape index (κ2) is 9.01. The number of benzene rings is 1. The van der Waals surface area contributed by atoms with E-state index in [1.54, 1.807) is 0 Å². The number of carbonyl (C=O) groups is 1. The Hall–Kier alpha value is -1.26. The molecular formula is C17H27ClN2O2. The van der Waals surface area contributed by atoms with Gasteiger partial charge in [0, 0.05) is 24.7 Å². The van der Waals surface area contributed by atoms with Crippen LogP contribution in [0.25, 0.3) is 0 Å². The minimum absolute atomic E-state index is 0. The highest BCUT2D eigenvalue weighted by atomic mass is 35.5. The topological polar surface area (TPSA) is 41.6 Å². The Bertz CT molecular complexity index is 464. The highest BCUT2D eigenvalue weighted by molar-refractivity contribution is 5.94. The Morgan fingerprint density at radius 3 is 2.68 bits per heavy atom. The van der Waals surface area contributed by atoms with Crippen molar-refractivity contribution >= 4 is 18.3 Å². The van der Waals surface area contributed by atoms with Crippen molar-refractivity contribution in [3.05, 3.63) is 29.8 Å². The van der Waals surface area contributed by atoms with E-state index in [0.717, 1.165) is 43.7 Å². The zero-order valence-electron chi connectivity index (χ0n) is 13.7. The van der Waals surface area contributed by atoms with Crippen LogP contribution in [0.4, 0.5) is 0 Å². The second-order valence-electron chi connectivity index (χ2n) is 5.71. The molecular weight excluding hydrogens is 300 g/mol. The normalized spacial score (nSPS) is 18.7. The summed E-state index contributed by atoms with van der Waals surface area (Å²) < 4.78 is 5.75. The predicted molar refractivity (Wildman–Crippen MR) is 92.1 cm³/mol. The van der Waals surface area contributed by atoms with E-state index in [0.29, 0.717) is 6.04 Å². The van der Waals surface area contributed by atoms with E-state index in [4.69, 9.17) is 4.74 Å². The highest BCUT2D eigenvalue weighted by Gasteiger charge is 2.28. The number of rotatable bonds is 6. The van der Waals surface area contributed by atoms with Crippen LogP contribution in [-0.2, 0) is 0 Å².